The fourth-order valence-electron chi connectivity index (χ4n) is 1.73. The maximum atomic E-state index is 6.32. The van der Waals surface area contributed by atoms with Gasteiger partial charge in [-0.2, -0.15) is 0 Å². The van der Waals surface area contributed by atoms with Crippen LogP contribution in [-0.2, 0) is 0 Å². The van der Waals surface area contributed by atoms with Crippen molar-refractivity contribution in [2.24, 2.45) is 0 Å². The normalized spacial score (nSPS) is 11.9. The van der Waals surface area contributed by atoms with Crippen LogP contribution in [0.2, 0.25) is 0 Å². The lowest BCUT2D eigenvalue weighted by atomic mass is 10.2. The lowest BCUT2D eigenvalue weighted by Crippen LogP contribution is -1.75. The summed E-state index contributed by atoms with van der Waals surface area (Å²) in [4.78, 5) is 4.53. The summed E-state index contributed by atoms with van der Waals surface area (Å²) in [5, 5.41) is 1.55. The Bertz CT molecular complexity index is 668. The number of fused-ring (bicyclic) bond motifs is 1. The van der Waals surface area contributed by atoms with Crippen molar-refractivity contribution in [1.82, 2.24) is 4.98 Å². The van der Waals surface area contributed by atoms with Gasteiger partial charge in [0.1, 0.15) is 5.01 Å². The summed E-state index contributed by atoms with van der Waals surface area (Å²) in [7, 11) is 0. The lowest BCUT2D eigenvalue weighted by molar-refractivity contribution is 1.46. The molecule has 0 fully saturated rings. The SMILES string of the molecule is Cl/C(=C\c1ccccc1)c1nc2ccccc2s1. The molecule has 3 heteroatoms. The topological polar surface area (TPSA) is 12.9 Å². The average Bonchev–Trinajstić information content (AvgIpc) is 2.84. The minimum atomic E-state index is 0.683. The quantitative estimate of drug-likeness (QED) is 0.637. The van der Waals surface area contributed by atoms with Crippen molar-refractivity contribution < 1.29 is 0 Å². The van der Waals surface area contributed by atoms with E-state index < -0.39 is 0 Å². The van der Waals surface area contributed by atoms with Gasteiger partial charge in [-0.15, -0.1) is 11.3 Å². The molecule has 18 heavy (non-hydrogen) atoms. The molecule has 1 heterocycles. The van der Waals surface area contributed by atoms with Gasteiger partial charge in [-0.05, 0) is 23.8 Å². The van der Waals surface area contributed by atoms with Gasteiger partial charge in [0, 0.05) is 0 Å². The fraction of sp³-hybridized carbons (Fsp3) is 0. The molecule has 3 rings (SSSR count). The Balaban J connectivity index is 2.01. The molecule has 0 spiro atoms. The van der Waals surface area contributed by atoms with Crippen LogP contribution in [-0.4, -0.2) is 4.98 Å². The summed E-state index contributed by atoms with van der Waals surface area (Å²) >= 11 is 7.93. The van der Waals surface area contributed by atoms with E-state index in [1.807, 2.05) is 54.6 Å². The van der Waals surface area contributed by atoms with Gasteiger partial charge in [0.25, 0.3) is 0 Å². The molecule has 88 valence electrons. The summed E-state index contributed by atoms with van der Waals surface area (Å²) in [5.41, 5.74) is 2.08. The van der Waals surface area contributed by atoms with Gasteiger partial charge in [0.2, 0.25) is 0 Å². The zero-order valence-electron chi connectivity index (χ0n) is 9.51. The molecule has 0 saturated heterocycles. The molecule has 0 bridgehead atoms. The van der Waals surface area contributed by atoms with Crippen LogP contribution in [0.5, 0.6) is 0 Å². The third-order valence-corrected chi connectivity index (χ3v) is 4.06. The molecule has 0 aliphatic carbocycles. The number of hydrogen-bond acceptors (Lipinski definition) is 2. The number of aromatic nitrogens is 1. The summed E-state index contributed by atoms with van der Waals surface area (Å²) in [5.74, 6) is 0. The largest absolute Gasteiger partial charge is 0.235 e. The number of benzene rings is 2. The van der Waals surface area contributed by atoms with E-state index in [1.165, 1.54) is 0 Å². The lowest BCUT2D eigenvalue weighted by Gasteiger charge is -1.94. The van der Waals surface area contributed by atoms with Gasteiger partial charge >= 0.3 is 0 Å². The second kappa shape index (κ2) is 4.92. The number of nitrogens with zero attached hydrogens (tertiary/aromatic N) is 1. The van der Waals surface area contributed by atoms with Gasteiger partial charge in [0.15, 0.2) is 0 Å². The van der Waals surface area contributed by atoms with Crippen LogP contribution in [0.15, 0.2) is 54.6 Å². The van der Waals surface area contributed by atoms with Crippen LogP contribution in [0.3, 0.4) is 0 Å². The molecule has 1 aromatic heterocycles. The average molecular weight is 272 g/mol. The van der Waals surface area contributed by atoms with Crippen molar-refractivity contribution >= 4 is 44.3 Å². The van der Waals surface area contributed by atoms with Crippen LogP contribution in [0.1, 0.15) is 10.6 Å². The van der Waals surface area contributed by atoms with Crippen molar-refractivity contribution in [3.05, 3.63) is 65.2 Å². The Morgan fingerprint density at radius 3 is 2.50 bits per heavy atom. The molecule has 0 atom stereocenters. The van der Waals surface area contributed by atoms with Crippen LogP contribution in [0.25, 0.3) is 21.3 Å². The molecule has 0 unspecified atom stereocenters. The molecule has 0 amide bonds. The molecular formula is C15H10ClNS. The van der Waals surface area contributed by atoms with Gasteiger partial charge in [-0.1, -0.05) is 54.1 Å². The zero-order valence-corrected chi connectivity index (χ0v) is 11.1. The Labute approximate surface area is 114 Å². The van der Waals surface area contributed by atoms with E-state index in [4.69, 9.17) is 11.6 Å². The Kier molecular flexibility index (Phi) is 3.13. The van der Waals surface area contributed by atoms with Crippen molar-refractivity contribution in [2.45, 2.75) is 0 Å². The molecular weight excluding hydrogens is 262 g/mol. The van der Waals surface area contributed by atoms with Crippen molar-refractivity contribution in [2.75, 3.05) is 0 Å². The van der Waals surface area contributed by atoms with E-state index in [9.17, 15) is 0 Å². The van der Waals surface area contributed by atoms with E-state index in [0.717, 1.165) is 20.8 Å². The summed E-state index contributed by atoms with van der Waals surface area (Å²) in [6.45, 7) is 0. The van der Waals surface area contributed by atoms with Gasteiger partial charge in [-0.3, -0.25) is 0 Å². The van der Waals surface area contributed by atoms with Gasteiger partial charge in [-0.25, -0.2) is 4.98 Å². The second-order valence-electron chi connectivity index (χ2n) is 3.89. The summed E-state index contributed by atoms with van der Waals surface area (Å²) in [6.07, 6.45) is 1.94. The maximum absolute atomic E-state index is 6.32. The smallest absolute Gasteiger partial charge is 0.136 e. The van der Waals surface area contributed by atoms with Crippen molar-refractivity contribution in [3.63, 3.8) is 0 Å². The molecule has 0 saturated carbocycles. The highest BCUT2D eigenvalue weighted by molar-refractivity contribution is 7.20. The molecule has 2 aromatic carbocycles. The van der Waals surface area contributed by atoms with Crippen LogP contribution < -0.4 is 0 Å². The van der Waals surface area contributed by atoms with Crippen molar-refractivity contribution in [3.8, 4) is 0 Å². The first-order valence-electron chi connectivity index (χ1n) is 5.61. The van der Waals surface area contributed by atoms with E-state index in [0.29, 0.717) is 5.03 Å². The van der Waals surface area contributed by atoms with Gasteiger partial charge < -0.3 is 0 Å². The van der Waals surface area contributed by atoms with Crippen LogP contribution in [0, 0.1) is 0 Å². The minimum absolute atomic E-state index is 0.683. The van der Waals surface area contributed by atoms with E-state index in [-0.39, 0.29) is 0 Å². The number of para-hydroxylation sites is 1. The van der Waals surface area contributed by atoms with E-state index in [2.05, 4.69) is 11.1 Å². The summed E-state index contributed by atoms with van der Waals surface area (Å²) < 4.78 is 1.16. The molecule has 0 radical (unpaired) electrons. The molecule has 3 aromatic rings. The van der Waals surface area contributed by atoms with E-state index >= 15 is 0 Å². The minimum Gasteiger partial charge on any atom is -0.235 e. The second-order valence-corrected chi connectivity index (χ2v) is 5.33. The number of hydrogen-bond donors (Lipinski definition) is 0. The highest BCUT2D eigenvalue weighted by Gasteiger charge is 2.06. The highest BCUT2D eigenvalue weighted by Crippen LogP contribution is 2.30. The predicted molar refractivity (Wildman–Crippen MR) is 79.8 cm³/mol. The Morgan fingerprint density at radius 1 is 1.00 bits per heavy atom. The molecule has 1 nitrogen and oxygen atoms in total. The third-order valence-electron chi connectivity index (χ3n) is 2.59. The Morgan fingerprint density at radius 2 is 1.72 bits per heavy atom. The maximum Gasteiger partial charge on any atom is 0.136 e. The molecule has 0 N–H and O–H groups in total. The van der Waals surface area contributed by atoms with Crippen LogP contribution >= 0.6 is 22.9 Å². The molecule has 0 aliphatic heterocycles. The number of rotatable bonds is 2. The summed E-state index contributed by atoms with van der Waals surface area (Å²) in [6, 6.07) is 18.1. The first kappa shape index (κ1) is 11.5. The zero-order chi connectivity index (χ0) is 12.4. The monoisotopic (exact) mass is 271 g/mol. The van der Waals surface area contributed by atoms with Crippen LogP contribution in [0.4, 0.5) is 0 Å². The Hall–Kier alpha value is -1.64. The van der Waals surface area contributed by atoms with E-state index in [1.54, 1.807) is 11.3 Å². The predicted octanol–water partition coefficient (Wildman–Crippen LogP) is 5.03. The molecule has 0 aliphatic rings. The van der Waals surface area contributed by atoms with Crippen molar-refractivity contribution in [1.29, 1.82) is 0 Å². The fourth-order valence-corrected chi connectivity index (χ4v) is 2.89. The standard InChI is InChI=1S/C15H10ClNS/c16-12(10-11-6-2-1-3-7-11)15-17-13-8-4-5-9-14(13)18-15/h1-10H/b12-10-. The van der Waals surface area contributed by atoms with Gasteiger partial charge in [0.05, 0.1) is 15.2 Å². The highest BCUT2D eigenvalue weighted by atomic mass is 35.5. The first-order valence-corrected chi connectivity index (χ1v) is 6.80. The first-order chi connectivity index (χ1) is 8.83. The number of thiazole rings is 1. The number of halogens is 1. The third kappa shape index (κ3) is 2.30.